The molecule has 4 N–H and O–H groups in total. The first-order chi connectivity index (χ1) is 7.22. The third kappa shape index (κ3) is 1.82. The van der Waals surface area contributed by atoms with E-state index in [1.807, 2.05) is 6.92 Å². The molecule has 0 atom stereocenters. The van der Waals surface area contributed by atoms with E-state index in [0.717, 1.165) is 25.0 Å². The van der Waals surface area contributed by atoms with Crippen molar-refractivity contribution < 1.29 is 4.79 Å². The van der Waals surface area contributed by atoms with Gasteiger partial charge in [0.15, 0.2) is 5.69 Å². The molecule has 1 aromatic rings. The molecule has 1 aliphatic carbocycles. The zero-order valence-electron chi connectivity index (χ0n) is 8.84. The number of nitrogens with two attached hydrogens (primary N) is 1. The summed E-state index contributed by atoms with van der Waals surface area (Å²) in [4.78, 5) is 11.7. The van der Waals surface area contributed by atoms with Crippen molar-refractivity contribution in [1.82, 2.24) is 15.5 Å². The second kappa shape index (κ2) is 3.92. The molecule has 1 saturated carbocycles. The van der Waals surface area contributed by atoms with Gasteiger partial charge in [0.2, 0.25) is 0 Å². The molecule has 0 spiro atoms. The number of nitrogens with zero attached hydrogens (tertiary/aromatic N) is 1. The number of amides is 1. The predicted molar refractivity (Wildman–Crippen MR) is 57.5 cm³/mol. The third-order valence-electron chi connectivity index (χ3n) is 2.89. The van der Waals surface area contributed by atoms with Crippen molar-refractivity contribution in [3.05, 3.63) is 11.4 Å². The summed E-state index contributed by atoms with van der Waals surface area (Å²) in [5.41, 5.74) is 7.44. The van der Waals surface area contributed by atoms with Gasteiger partial charge in [0.25, 0.3) is 5.91 Å². The van der Waals surface area contributed by atoms with Gasteiger partial charge in [-0.25, -0.2) is 0 Å². The van der Waals surface area contributed by atoms with Gasteiger partial charge in [0.05, 0.1) is 11.4 Å². The Kier molecular flexibility index (Phi) is 2.62. The molecule has 1 aliphatic rings. The molecule has 2 rings (SSSR count). The normalized spacial score (nSPS) is 16.1. The number of rotatable bonds is 3. The number of hydrogen-bond donors (Lipinski definition) is 3. The van der Waals surface area contributed by atoms with Gasteiger partial charge >= 0.3 is 0 Å². The number of carbonyl (C=O) groups excluding carboxylic acids is 1. The topological polar surface area (TPSA) is 83.8 Å². The van der Waals surface area contributed by atoms with E-state index in [1.54, 1.807) is 0 Å². The maximum absolute atomic E-state index is 11.7. The maximum Gasteiger partial charge on any atom is 0.274 e. The molecule has 0 unspecified atom stereocenters. The minimum atomic E-state index is -0.159. The molecule has 5 heteroatoms. The minimum absolute atomic E-state index is 0.159. The van der Waals surface area contributed by atoms with Crippen LogP contribution in [0.3, 0.4) is 0 Å². The summed E-state index contributed by atoms with van der Waals surface area (Å²) >= 11 is 0. The summed E-state index contributed by atoms with van der Waals surface area (Å²) in [6.07, 6.45) is 4.09. The van der Waals surface area contributed by atoms with Crippen LogP contribution in [0.15, 0.2) is 0 Å². The highest BCUT2D eigenvalue weighted by atomic mass is 16.2. The fraction of sp³-hybridized carbons (Fsp3) is 0.600. The number of aromatic nitrogens is 2. The maximum atomic E-state index is 11.7. The van der Waals surface area contributed by atoms with Crippen molar-refractivity contribution in [2.75, 3.05) is 5.73 Å². The molecule has 5 nitrogen and oxygen atoms in total. The molecular formula is C10H16N4O. The van der Waals surface area contributed by atoms with E-state index < -0.39 is 0 Å². The lowest BCUT2D eigenvalue weighted by Gasteiger charge is -2.25. The Morgan fingerprint density at radius 3 is 2.87 bits per heavy atom. The van der Waals surface area contributed by atoms with E-state index in [1.165, 1.54) is 6.42 Å². The van der Waals surface area contributed by atoms with Crippen LogP contribution in [0.4, 0.5) is 5.69 Å². The van der Waals surface area contributed by atoms with Crippen LogP contribution in [0, 0.1) is 0 Å². The minimum Gasteiger partial charge on any atom is -0.395 e. The van der Waals surface area contributed by atoms with Gasteiger partial charge in [-0.2, -0.15) is 5.10 Å². The van der Waals surface area contributed by atoms with Crippen LogP contribution in [0.2, 0.25) is 0 Å². The Hall–Kier alpha value is -1.52. The number of carbonyl (C=O) groups is 1. The number of aryl methyl sites for hydroxylation is 1. The number of H-pyrrole nitrogens is 1. The van der Waals surface area contributed by atoms with Gasteiger partial charge < -0.3 is 11.1 Å². The second-order valence-corrected chi connectivity index (χ2v) is 3.92. The number of hydrogen-bond acceptors (Lipinski definition) is 3. The van der Waals surface area contributed by atoms with E-state index in [0.29, 0.717) is 17.4 Å². The Bertz CT molecular complexity index is 367. The summed E-state index contributed by atoms with van der Waals surface area (Å²) in [5.74, 6) is -0.159. The smallest absolute Gasteiger partial charge is 0.274 e. The van der Waals surface area contributed by atoms with Crippen molar-refractivity contribution in [2.45, 2.75) is 38.6 Å². The van der Waals surface area contributed by atoms with Crippen molar-refractivity contribution >= 4 is 11.6 Å². The molecule has 0 aromatic carbocycles. The molecule has 1 fully saturated rings. The molecule has 0 aliphatic heterocycles. The van der Waals surface area contributed by atoms with Crippen LogP contribution in [0.25, 0.3) is 0 Å². The Labute approximate surface area is 88.4 Å². The lowest BCUT2D eigenvalue weighted by Crippen LogP contribution is -2.39. The average Bonchev–Trinajstić information content (AvgIpc) is 2.53. The quantitative estimate of drug-likeness (QED) is 0.688. The van der Waals surface area contributed by atoms with Crippen LogP contribution in [0.1, 0.15) is 42.4 Å². The van der Waals surface area contributed by atoms with Crippen molar-refractivity contribution in [3.8, 4) is 0 Å². The number of nitrogens with one attached hydrogen (secondary N) is 2. The number of aromatic amines is 1. The van der Waals surface area contributed by atoms with Crippen LogP contribution in [-0.4, -0.2) is 22.1 Å². The molecular weight excluding hydrogens is 192 g/mol. The zero-order valence-corrected chi connectivity index (χ0v) is 8.84. The van der Waals surface area contributed by atoms with Gasteiger partial charge in [-0.1, -0.05) is 6.92 Å². The standard InChI is InChI=1S/C10H16N4O/c1-2-7-8(11)9(14-13-7)10(15)12-6-4-3-5-6/h6H,2-5,11H2,1H3,(H,12,15)(H,13,14). The summed E-state index contributed by atoms with van der Waals surface area (Å²) in [5, 5.41) is 9.62. The summed E-state index contributed by atoms with van der Waals surface area (Å²) < 4.78 is 0. The highest BCUT2D eigenvalue weighted by Crippen LogP contribution is 2.20. The Balaban J connectivity index is 2.07. The molecule has 0 saturated heterocycles. The molecule has 0 radical (unpaired) electrons. The zero-order chi connectivity index (χ0) is 10.8. The molecule has 15 heavy (non-hydrogen) atoms. The van der Waals surface area contributed by atoms with Crippen LogP contribution in [-0.2, 0) is 6.42 Å². The van der Waals surface area contributed by atoms with Crippen molar-refractivity contribution in [2.24, 2.45) is 0 Å². The van der Waals surface area contributed by atoms with Gasteiger partial charge in [-0.3, -0.25) is 9.89 Å². The van der Waals surface area contributed by atoms with Gasteiger partial charge in [0.1, 0.15) is 0 Å². The molecule has 82 valence electrons. The van der Waals surface area contributed by atoms with Crippen LogP contribution >= 0.6 is 0 Å². The lowest BCUT2D eigenvalue weighted by atomic mass is 9.93. The van der Waals surface area contributed by atoms with Crippen molar-refractivity contribution in [1.29, 1.82) is 0 Å². The average molecular weight is 208 g/mol. The monoisotopic (exact) mass is 208 g/mol. The SMILES string of the molecule is CCc1[nH]nc(C(=O)NC2CCC2)c1N. The summed E-state index contributed by atoms with van der Waals surface area (Å²) in [6, 6.07) is 0.318. The molecule has 0 bridgehead atoms. The molecule has 1 heterocycles. The number of nitrogen functional groups attached to an aromatic ring is 1. The Morgan fingerprint density at radius 1 is 1.67 bits per heavy atom. The summed E-state index contributed by atoms with van der Waals surface area (Å²) in [7, 11) is 0. The lowest BCUT2D eigenvalue weighted by molar-refractivity contribution is 0.0913. The van der Waals surface area contributed by atoms with Crippen LogP contribution in [0.5, 0.6) is 0 Å². The van der Waals surface area contributed by atoms with E-state index >= 15 is 0 Å². The van der Waals surface area contributed by atoms with Gasteiger partial charge in [-0.05, 0) is 25.7 Å². The highest BCUT2D eigenvalue weighted by Gasteiger charge is 2.23. The first-order valence-corrected chi connectivity index (χ1v) is 5.36. The molecule has 1 amide bonds. The second-order valence-electron chi connectivity index (χ2n) is 3.92. The van der Waals surface area contributed by atoms with E-state index in [2.05, 4.69) is 15.5 Å². The molecule has 1 aromatic heterocycles. The first-order valence-electron chi connectivity index (χ1n) is 5.36. The fourth-order valence-electron chi connectivity index (χ4n) is 1.64. The fourth-order valence-corrected chi connectivity index (χ4v) is 1.64. The highest BCUT2D eigenvalue weighted by molar-refractivity contribution is 5.97. The number of anilines is 1. The van der Waals surface area contributed by atoms with E-state index in [-0.39, 0.29) is 5.91 Å². The van der Waals surface area contributed by atoms with Gasteiger partial charge in [-0.15, -0.1) is 0 Å². The summed E-state index contributed by atoms with van der Waals surface area (Å²) in [6.45, 7) is 1.97. The van der Waals surface area contributed by atoms with Crippen molar-refractivity contribution in [3.63, 3.8) is 0 Å². The van der Waals surface area contributed by atoms with Crippen LogP contribution < -0.4 is 11.1 Å². The van der Waals surface area contributed by atoms with E-state index in [9.17, 15) is 4.79 Å². The largest absolute Gasteiger partial charge is 0.395 e. The van der Waals surface area contributed by atoms with Gasteiger partial charge in [0, 0.05) is 6.04 Å². The first kappa shape index (κ1) is 10.0. The predicted octanol–water partition coefficient (Wildman–Crippen LogP) is 0.837. The Morgan fingerprint density at radius 2 is 2.40 bits per heavy atom. The third-order valence-corrected chi connectivity index (χ3v) is 2.89. The van der Waals surface area contributed by atoms with E-state index in [4.69, 9.17) is 5.73 Å².